The number of terminal acetylenes is 1. The lowest BCUT2D eigenvalue weighted by atomic mass is 10.2. The minimum Gasteiger partial charge on any atom is -0.397 e. The molecule has 0 aliphatic heterocycles. The molecule has 2 rings (SSSR count). The molecular weight excluding hydrogens is 324 g/mol. The number of carbonyl (C=O) groups is 1. The Morgan fingerprint density at radius 3 is 2.95 bits per heavy atom. The predicted octanol–water partition coefficient (Wildman–Crippen LogP) is 3.34. The highest BCUT2D eigenvalue weighted by atomic mass is 79.9. The number of amides is 1. The van der Waals surface area contributed by atoms with E-state index in [0.29, 0.717) is 23.7 Å². The van der Waals surface area contributed by atoms with Crippen LogP contribution in [0.1, 0.15) is 16.6 Å². The van der Waals surface area contributed by atoms with Crippen LogP contribution in [0.15, 0.2) is 22.7 Å². The van der Waals surface area contributed by atoms with E-state index < -0.39 is 0 Å². The van der Waals surface area contributed by atoms with Gasteiger partial charge in [-0.3, -0.25) is 4.79 Å². The molecule has 2 N–H and O–H groups in total. The van der Waals surface area contributed by atoms with Crippen LogP contribution in [-0.2, 0) is 0 Å². The van der Waals surface area contributed by atoms with E-state index in [0.717, 1.165) is 14.6 Å². The van der Waals surface area contributed by atoms with Crippen molar-refractivity contribution in [3.8, 4) is 12.3 Å². The Labute approximate surface area is 124 Å². The summed E-state index contributed by atoms with van der Waals surface area (Å²) in [6.45, 7) is 2.77. The molecule has 98 valence electrons. The summed E-state index contributed by atoms with van der Waals surface area (Å²) in [7, 11) is 0. The number of hydrogen-bond acceptors (Lipinski definition) is 3. The van der Waals surface area contributed by atoms with Gasteiger partial charge in [-0.25, -0.2) is 0 Å². The highest BCUT2D eigenvalue weighted by Gasteiger charge is 2.20. The molecule has 1 amide bonds. The number of nitrogens with two attached hydrogens (primary N) is 1. The average Bonchev–Trinajstić information content (AvgIpc) is 2.72. The molecule has 1 aromatic carbocycles. The van der Waals surface area contributed by atoms with E-state index in [1.807, 2.05) is 25.1 Å². The van der Waals surface area contributed by atoms with Gasteiger partial charge >= 0.3 is 0 Å². The highest BCUT2D eigenvalue weighted by molar-refractivity contribution is 9.10. The molecule has 0 fully saturated rings. The van der Waals surface area contributed by atoms with Gasteiger partial charge < -0.3 is 10.6 Å². The fourth-order valence-corrected chi connectivity index (χ4v) is 3.26. The van der Waals surface area contributed by atoms with Gasteiger partial charge in [-0.2, -0.15) is 0 Å². The van der Waals surface area contributed by atoms with Gasteiger partial charge in [-0.15, -0.1) is 17.8 Å². The summed E-state index contributed by atoms with van der Waals surface area (Å²) in [5, 5.41) is 0.902. The SMILES string of the molecule is C#CCN(CC)C(=O)c1sc2ccc(Br)cc2c1N. The lowest BCUT2D eigenvalue weighted by molar-refractivity contribution is 0.0790. The molecule has 0 unspecified atom stereocenters. The summed E-state index contributed by atoms with van der Waals surface area (Å²) in [6, 6.07) is 5.82. The summed E-state index contributed by atoms with van der Waals surface area (Å²) in [5.41, 5.74) is 6.62. The van der Waals surface area contributed by atoms with Crippen LogP contribution in [0, 0.1) is 12.3 Å². The van der Waals surface area contributed by atoms with Gasteiger partial charge in [0.05, 0.1) is 12.2 Å². The Morgan fingerprint density at radius 2 is 2.32 bits per heavy atom. The van der Waals surface area contributed by atoms with Crippen molar-refractivity contribution < 1.29 is 4.79 Å². The number of halogens is 1. The first kappa shape index (κ1) is 13.9. The lowest BCUT2D eigenvalue weighted by Gasteiger charge is -2.17. The quantitative estimate of drug-likeness (QED) is 0.873. The van der Waals surface area contributed by atoms with Crippen molar-refractivity contribution in [1.82, 2.24) is 4.90 Å². The van der Waals surface area contributed by atoms with Crippen LogP contribution in [-0.4, -0.2) is 23.9 Å². The fraction of sp³-hybridized carbons (Fsp3) is 0.214. The summed E-state index contributed by atoms with van der Waals surface area (Å²) in [4.78, 5) is 14.6. The third-order valence-corrected chi connectivity index (χ3v) is 4.50. The molecule has 0 spiro atoms. The van der Waals surface area contributed by atoms with Crippen molar-refractivity contribution in [1.29, 1.82) is 0 Å². The number of rotatable bonds is 3. The topological polar surface area (TPSA) is 46.3 Å². The normalized spacial score (nSPS) is 10.4. The predicted molar refractivity (Wildman–Crippen MR) is 84.3 cm³/mol. The van der Waals surface area contributed by atoms with E-state index in [2.05, 4.69) is 21.9 Å². The molecule has 3 nitrogen and oxygen atoms in total. The molecule has 0 aliphatic carbocycles. The lowest BCUT2D eigenvalue weighted by Crippen LogP contribution is -2.30. The van der Waals surface area contributed by atoms with Gasteiger partial charge in [-0.1, -0.05) is 21.9 Å². The van der Waals surface area contributed by atoms with Crippen molar-refractivity contribution in [2.75, 3.05) is 18.8 Å². The van der Waals surface area contributed by atoms with E-state index in [9.17, 15) is 4.79 Å². The number of benzene rings is 1. The molecule has 0 aliphatic rings. The summed E-state index contributed by atoms with van der Waals surface area (Å²) < 4.78 is 1.94. The Balaban J connectivity index is 2.48. The molecule has 0 atom stereocenters. The summed E-state index contributed by atoms with van der Waals surface area (Å²) >= 11 is 4.81. The first-order valence-electron chi connectivity index (χ1n) is 5.78. The van der Waals surface area contributed by atoms with E-state index in [4.69, 9.17) is 12.2 Å². The van der Waals surface area contributed by atoms with Crippen LogP contribution >= 0.6 is 27.3 Å². The Hall–Kier alpha value is -1.51. The molecule has 0 saturated heterocycles. The van der Waals surface area contributed by atoms with Crippen molar-refractivity contribution in [2.45, 2.75) is 6.92 Å². The van der Waals surface area contributed by atoms with E-state index in [-0.39, 0.29) is 5.91 Å². The number of carbonyl (C=O) groups excluding carboxylic acids is 1. The number of hydrogen-bond donors (Lipinski definition) is 1. The Bertz CT molecular complexity index is 672. The first-order chi connectivity index (χ1) is 9.08. The van der Waals surface area contributed by atoms with Gasteiger partial charge in [0.2, 0.25) is 0 Å². The second-order valence-electron chi connectivity index (χ2n) is 4.01. The minimum absolute atomic E-state index is 0.102. The van der Waals surface area contributed by atoms with E-state index >= 15 is 0 Å². The van der Waals surface area contributed by atoms with Gasteiger partial charge in [0.15, 0.2) is 0 Å². The maximum Gasteiger partial charge on any atom is 0.266 e. The second-order valence-corrected chi connectivity index (χ2v) is 5.98. The maximum atomic E-state index is 12.4. The minimum atomic E-state index is -0.102. The third kappa shape index (κ3) is 2.60. The molecule has 2 aromatic rings. The van der Waals surface area contributed by atoms with Crippen LogP contribution in [0.4, 0.5) is 5.69 Å². The number of anilines is 1. The zero-order valence-corrected chi connectivity index (χ0v) is 12.8. The van der Waals surface area contributed by atoms with Gasteiger partial charge in [0, 0.05) is 21.1 Å². The van der Waals surface area contributed by atoms with Crippen LogP contribution in [0.5, 0.6) is 0 Å². The zero-order chi connectivity index (χ0) is 14.0. The Kier molecular flexibility index (Phi) is 4.13. The maximum absolute atomic E-state index is 12.4. The smallest absolute Gasteiger partial charge is 0.266 e. The van der Waals surface area contributed by atoms with Crippen molar-refractivity contribution in [3.63, 3.8) is 0 Å². The van der Waals surface area contributed by atoms with Crippen molar-refractivity contribution in [2.24, 2.45) is 0 Å². The van der Waals surface area contributed by atoms with Gasteiger partial charge in [0.25, 0.3) is 5.91 Å². The van der Waals surface area contributed by atoms with Crippen LogP contribution in [0.3, 0.4) is 0 Å². The van der Waals surface area contributed by atoms with Crippen LogP contribution < -0.4 is 5.73 Å². The number of thiophene rings is 1. The second kappa shape index (κ2) is 5.64. The van der Waals surface area contributed by atoms with E-state index in [1.165, 1.54) is 11.3 Å². The third-order valence-electron chi connectivity index (χ3n) is 2.83. The molecule has 19 heavy (non-hydrogen) atoms. The summed E-state index contributed by atoms with van der Waals surface area (Å²) in [6.07, 6.45) is 5.28. The zero-order valence-electron chi connectivity index (χ0n) is 10.4. The number of nitrogens with zero attached hydrogens (tertiary/aromatic N) is 1. The molecule has 1 heterocycles. The largest absolute Gasteiger partial charge is 0.397 e. The first-order valence-corrected chi connectivity index (χ1v) is 7.39. The number of nitrogen functional groups attached to an aromatic ring is 1. The Morgan fingerprint density at radius 1 is 1.58 bits per heavy atom. The molecule has 0 saturated carbocycles. The van der Waals surface area contributed by atoms with Crippen LogP contribution in [0.25, 0.3) is 10.1 Å². The van der Waals surface area contributed by atoms with Crippen LogP contribution in [0.2, 0.25) is 0 Å². The van der Waals surface area contributed by atoms with E-state index in [1.54, 1.807) is 4.90 Å². The van der Waals surface area contributed by atoms with Gasteiger partial charge in [-0.05, 0) is 25.1 Å². The molecule has 0 radical (unpaired) electrons. The van der Waals surface area contributed by atoms with Crippen molar-refractivity contribution in [3.05, 3.63) is 27.5 Å². The van der Waals surface area contributed by atoms with Crippen molar-refractivity contribution >= 4 is 48.9 Å². The fourth-order valence-electron chi connectivity index (χ4n) is 1.83. The molecule has 0 bridgehead atoms. The number of fused-ring (bicyclic) bond motifs is 1. The average molecular weight is 337 g/mol. The molecule has 5 heteroatoms. The highest BCUT2D eigenvalue weighted by Crippen LogP contribution is 2.35. The summed E-state index contributed by atoms with van der Waals surface area (Å²) in [5.74, 6) is 2.39. The monoisotopic (exact) mass is 336 g/mol. The van der Waals surface area contributed by atoms with Gasteiger partial charge in [0.1, 0.15) is 4.88 Å². The standard InChI is InChI=1S/C14H13BrN2OS/c1-3-7-17(4-2)14(18)13-12(16)10-8-9(15)5-6-11(10)19-13/h1,5-6,8H,4,7,16H2,2H3. The molecule has 1 aromatic heterocycles. The molecular formula is C14H13BrN2OS.